The first-order valence-corrected chi connectivity index (χ1v) is 9.53. The summed E-state index contributed by atoms with van der Waals surface area (Å²) < 4.78 is 5.36. The highest BCUT2D eigenvalue weighted by Gasteiger charge is 2.21. The van der Waals surface area contributed by atoms with Gasteiger partial charge in [0.2, 0.25) is 5.91 Å². The first-order chi connectivity index (χ1) is 12.1. The number of carbonyl (C=O) groups excluding carboxylic acids is 1. The van der Waals surface area contributed by atoms with Gasteiger partial charge in [-0.15, -0.1) is 11.3 Å². The average Bonchev–Trinajstić information content (AvgIpc) is 2.89. The van der Waals surface area contributed by atoms with Crippen LogP contribution in [-0.2, 0) is 11.2 Å². The van der Waals surface area contributed by atoms with Gasteiger partial charge in [-0.2, -0.15) is 0 Å². The van der Waals surface area contributed by atoms with Gasteiger partial charge in [-0.1, -0.05) is 12.1 Å². The number of hydrogen-bond donors (Lipinski definition) is 0. The average molecular weight is 359 g/mol. The molecule has 1 aromatic carbocycles. The summed E-state index contributed by atoms with van der Waals surface area (Å²) in [6, 6.07) is 5.99. The first-order valence-electron chi connectivity index (χ1n) is 8.65. The van der Waals surface area contributed by atoms with Crippen molar-refractivity contribution in [1.29, 1.82) is 0 Å². The third-order valence-corrected chi connectivity index (χ3v) is 5.57. The Labute approximate surface area is 153 Å². The van der Waals surface area contributed by atoms with Gasteiger partial charge in [-0.25, -0.2) is 4.98 Å². The number of methoxy groups -OCH3 is 1. The van der Waals surface area contributed by atoms with Crippen LogP contribution in [0.25, 0.3) is 0 Å². The van der Waals surface area contributed by atoms with Crippen molar-refractivity contribution in [2.45, 2.75) is 26.7 Å². The Hall–Kier alpha value is -2.08. The highest BCUT2D eigenvalue weighted by Crippen LogP contribution is 2.22. The maximum Gasteiger partial charge on any atom is 0.227 e. The lowest BCUT2D eigenvalue weighted by atomic mass is 10.1. The van der Waals surface area contributed by atoms with Crippen LogP contribution in [0.15, 0.2) is 23.6 Å². The number of nitrogens with zero attached hydrogens (tertiary/aromatic N) is 3. The monoisotopic (exact) mass is 359 g/mol. The number of hydrogen-bond acceptors (Lipinski definition) is 5. The van der Waals surface area contributed by atoms with Crippen LogP contribution in [0, 0.1) is 13.8 Å². The van der Waals surface area contributed by atoms with E-state index < -0.39 is 0 Å². The smallest absolute Gasteiger partial charge is 0.227 e. The Balaban J connectivity index is 1.61. The number of thiazole rings is 1. The van der Waals surface area contributed by atoms with Crippen LogP contribution in [-0.4, -0.2) is 49.1 Å². The van der Waals surface area contributed by atoms with Crippen molar-refractivity contribution in [3.05, 3.63) is 40.4 Å². The summed E-state index contributed by atoms with van der Waals surface area (Å²) in [5.41, 5.74) is 3.15. The SMILES string of the molecule is COc1cc(CC(=O)N2CCCN(c3nc(C)cs3)CC2)ccc1C. The van der Waals surface area contributed by atoms with Crippen molar-refractivity contribution in [1.82, 2.24) is 9.88 Å². The third kappa shape index (κ3) is 4.31. The molecule has 0 radical (unpaired) electrons. The minimum Gasteiger partial charge on any atom is -0.496 e. The summed E-state index contributed by atoms with van der Waals surface area (Å²) in [6.45, 7) is 7.38. The molecule has 0 aliphatic carbocycles. The van der Waals surface area contributed by atoms with Crippen LogP contribution in [0.1, 0.15) is 23.2 Å². The molecular formula is C19H25N3O2S. The number of benzene rings is 1. The summed E-state index contributed by atoms with van der Waals surface area (Å²) in [7, 11) is 1.66. The summed E-state index contributed by atoms with van der Waals surface area (Å²) in [4.78, 5) is 21.5. The quantitative estimate of drug-likeness (QED) is 0.842. The zero-order chi connectivity index (χ0) is 17.8. The van der Waals surface area contributed by atoms with Gasteiger partial charge in [-0.3, -0.25) is 4.79 Å². The molecule has 0 atom stereocenters. The van der Waals surface area contributed by atoms with E-state index in [9.17, 15) is 4.79 Å². The van der Waals surface area contributed by atoms with Gasteiger partial charge < -0.3 is 14.5 Å². The Morgan fingerprint density at radius 2 is 2.08 bits per heavy atom. The van der Waals surface area contributed by atoms with Crippen molar-refractivity contribution in [3.63, 3.8) is 0 Å². The minimum absolute atomic E-state index is 0.183. The molecule has 1 fully saturated rings. The maximum atomic E-state index is 12.7. The standard InChI is InChI=1S/C19H25N3O2S/c1-14-5-6-16(11-17(14)24-3)12-18(23)21-7-4-8-22(10-9-21)19-20-15(2)13-25-19/h5-6,11,13H,4,7-10,12H2,1-3H3. The lowest BCUT2D eigenvalue weighted by Crippen LogP contribution is -2.36. The molecule has 1 aromatic heterocycles. The summed E-state index contributed by atoms with van der Waals surface area (Å²) in [5, 5.41) is 3.14. The second-order valence-corrected chi connectivity index (χ2v) is 7.31. The second kappa shape index (κ2) is 7.87. The summed E-state index contributed by atoms with van der Waals surface area (Å²) in [5.74, 6) is 1.02. The van der Waals surface area contributed by atoms with E-state index in [-0.39, 0.29) is 5.91 Å². The molecule has 2 aromatic rings. The van der Waals surface area contributed by atoms with Crippen molar-refractivity contribution >= 4 is 22.4 Å². The molecule has 0 unspecified atom stereocenters. The van der Waals surface area contributed by atoms with Crippen LogP contribution < -0.4 is 9.64 Å². The third-order valence-electron chi connectivity index (χ3n) is 4.55. The van der Waals surface area contributed by atoms with E-state index in [1.165, 1.54) is 0 Å². The topological polar surface area (TPSA) is 45.7 Å². The summed E-state index contributed by atoms with van der Waals surface area (Å²) in [6.07, 6.45) is 1.40. The molecule has 1 amide bonds. The molecule has 0 N–H and O–H groups in total. The largest absolute Gasteiger partial charge is 0.496 e. The highest BCUT2D eigenvalue weighted by atomic mass is 32.1. The highest BCUT2D eigenvalue weighted by molar-refractivity contribution is 7.13. The van der Waals surface area contributed by atoms with Gasteiger partial charge in [0.25, 0.3) is 0 Å². The Bertz CT molecular complexity index is 744. The second-order valence-electron chi connectivity index (χ2n) is 6.47. The molecule has 1 aliphatic rings. The fourth-order valence-electron chi connectivity index (χ4n) is 3.11. The lowest BCUT2D eigenvalue weighted by molar-refractivity contribution is -0.130. The van der Waals surface area contributed by atoms with Crippen LogP contribution in [0.5, 0.6) is 5.75 Å². The van der Waals surface area contributed by atoms with E-state index in [1.54, 1.807) is 18.4 Å². The minimum atomic E-state index is 0.183. The number of aryl methyl sites for hydroxylation is 2. The van der Waals surface area contributed by atoms with Gasteiger partial charge >= 0.3 is 0 Å². The van der Waals surface area contributed by atoms with Gasteiger partial charge in [0.05, 0.1) is 19.2 Å². The fraction of sp³-hybridized carbons (Fsp3) is 0.474. The molecule has 0 bridgehead atoms. The van der Waals surface area contributed by atoms with Crippen LogP contribution in [0.3, 0.4) is 0 Å². The van der Waals surface area contributed by atoms with E-state index in [0.29, 0.717) is 6.42 Å². The number of carbonyl (C=O) groups is 1. The van der Waals surface area contributed by atoms with Gasteiger partial charge in [-0.05, 0) is 37.5 Å². The number of rotatable bonds is 4. The molecule has 2 heterocycles. The Morgan fingerprint density at radius 1 is 1.24 bits per heavy atom. The van der Waals surface area contributed by atoms with E-state index in [4.69, 9.17) is 4.74 Å². The van der Waals surface area contributed by atoms with Crippen molar-refractivity contribution in [2.75, 3.05) is 38.2 Å². The Morgan fingerprint density at radius 3 is 2.80 bits per heavy atom. The first kappa shape index (κ1) is 17.7. The van der Waals surface area contributed by atoms with Crippen molar-refractivity contribution < 1.29 is 9.53 Å². The molecule has 25 heavy (non-hydrogen) atoms. The Kier molecular flexibility index (Phi) is 5.58. The fourth-order valence-corrected chi connectivity index (χ4v) is 3.96. The normalized spacial score (nSPS) is 15.2. The predicted octanol–water partition coefficient (Wildman–Crippen LogP) is 3.05. The molecule has 0 spiro atoms. The predicted molar refractivity (Wildman–Crippen MR) is 102 cm³/mol. The number of anilines is 1. The van der Waals surface area contributed by atoms with Crippen LogP contribution in [0.2, 0.25) is 0 Å². The zero-order valence-corrected chi connectivity index (χ0v) is 15.9. The maximum absolute atomic E-state index is 12.7. The molecule has 1 aliphatic heterocycles. The van der Waals surface area contributed by atoms with E-state index in [1.807, 2.05) is 36.9 Å². The van der Waals surface area contributed by atoms with Crippen LogP contribution in [0.4, 0.5) is 5.13 Å². The van der Waals surface area contributed by atoms with Crippen molar-refractivity contribution in [2.24, 2.45) is 0 Å². The molecule has 134 valence electrons. The molecule has 5 nitrogen and oxygen atoms in total. The lowest BCUT2D eigenvalue weighted by Gasteiger charge is -2.22. The molecular weight excluding hydrogens is 334 g/mol. The van der Waals surface area contributed by atoms with Gasteiger partial charge in [0.15, 0.2) is 5.13 Å². The molecule has 1 saturated heterocycles. The van der Waals surface area contributed by atoms with Gasteiger partial charge in [0, 0.05) is 31.6 Å². The van der Waals surface area contributed by atoms with E-state index in [2.05, 4.69) is 15.3 Å². The molecule has 0 saturated carbocycles. The van der Waals surface area contributed by atoms with Crippen LogP contribution >= 0.6 is 11.3 Å². The molecule has 6 heteroatoms. The molecule has 3 rings (SSSR count). The number of amides is 1. The van der Waals surface area contributed by atoms with Crippen molar-refractivity contribution in [3.8, 4) is 5.75 Å². The van der Waals surface area contributed by atoms with Gasteiger partial charge in [0.1, 0.15) is 5.75 Å². The number of aromatic nitrogens is 1. The summed E-state index contributed by atoms with van der Waals surface area (Å²) >= 11 is 1.68. The van der Waals surface area contributed by atoms with E-state index in [0.717, 1.165) is 60.3 Å². The number of ether oxygens (including phenoxy) is 1. The van der Waals surface area contributed by atoms with E-state index >= 15 is 0 Å². The zero-order valence-electron chi connectivity index (χ0n) is 15.1.